The molecule has 0 bridgehead atoms. The molecule has 0 aliphatic carbocycles. The number of phenols is 1. The van der Waals surface area contributed by atoms with Crippen LogP contribution in [0.25, 0.3) is 16.8 Å². The smallest absolute Gasteiger partial charge is 0.354 e. The van der Waals surface area contributed by atoms with E-state index in [0.717, 1.165) is 21.9 Å². The number of hydrogen-bond donors (Lipinski definition) is 3. The van der Waals surface area contributed by atoms with E-state index in [0.29, 0.717) is 10.0 Å². The third-order valence-corrected chi connectivity index (χ3v) is 6.27. The van der Waals surface area contributed by atoms with Crippen LogP contribution in [0.15, 0.2) is 95.1 Å². The summed E-state index contributed by atoms with van der Waals surface area (Å²) in [5.41, 5.74) is 2.04. The molecule has 4 aromatic rings. The maximum Gasteiger partial charge on any atom is 0.354 e. The van der Waals surface area contributed by atoms with Crippen molar-refractivity contribution in [3.8, 4) is 5.75 Å². The van der Waals surface area contributed by atoms with Crippen LogP contribution in [0.2, 0.25) is 0 Å². The van der Waals surface area contributed by atoms with Crippen molar-refractivity contribution in [1.82, 2.24) is 10.6 Å². The molecular formula is C29H23BrN2O5. The van der Waals surface area contributed by atoms with Crippen LogP contribution < -0.4 is 10.6 Å². The predicted molar refractivity (Wildman–Crippen MR) is 145 cm³/mol. The van der Waals surface area contributed by atoms with Gasteiger partial charge in [0.05, 0.1) is 12.7 Å². The lowest BCUT2D eigenvalue weighted by Gasteiger charge is -2.12. The average molecular weight is 559 g/mol. The molecule has 8 heteroatoms. The van der Waals surface area contributed by atoms with E-state index in [2.05, 4.69) is 26.6 Å². The minimum Gasteiger partial charge on any atom is -0.508 e. The van der Waals surface area contributed by atoms with E-state index < -0.39 is 11.9 Å². The van der Waals surface area contributed by atoms with Crippen LogP contribution in [0, 0.1) is 0 Å². The van der Waals surface area contributed by atoms with Gasteiger partial charge >= 0.3 is 5.97 Å². The molecule has 0 heterocycles. The van der Waals surface area contributed by atoms with Gasteiger partial charge < -0.3 is 20.5 Å². The Morgan fingerprint density at radius 2 is 1.68 bits per heavy atom. The molecule has 186 valence electrons. The number of carbonyl (C=O) groups excluding carboxylic acids is 3. The molecule has 2 amide bonds. The monoisotopic (exact) mass is 558 g/mol. The maximum absolute atomic E-state index is 13.1. The highest BCUT2D eigenvalue weighted by molar-refractivity contribution is 9.10. The second kappa shape index (κ2) is 11.5. The van der Waals surface area contributed by atoms with Gasteiger partial charge in [-0.1, -0.05) is 54.6 Å². The summed E-state index contributed by atoms with van der Waals surface area (Å²) in [7, 11) is 1.24. The van der Waals surface area contributed by atoms with Crippen molar-refractivity contribution in [2.45, 2.75) is 6.54 Å². The van der Waals surface area contributed by atoms with Gasteiger partial charge in [0.15, 0.2) is 0 Å². The van der Waals surface area contributed by atoms with Crippen LogP contribution in [0.3, 0.4) is 0 Å². The van der Waals surface area contributed by atoms with Gasteiger partial charge in [0.1, 0.15) is 11.4 Å². The van der Waals surface area contributed by atoms with E-state index in [-0.39, 0.29) is 29.5 Å². The maximum atomic E-state index is 13.1. The van der Waals surface area contributed by atoms with E-state index in [1.807, 2.05) is 42.5 Å². The number of carbonyl (C=O) groups is 3. The minimum absolute atomic E-state index is 0.0244. The number of rotatable bonds is 7. The van der Waals surface area contributed by atoms with Gasteiger partial charge in [-0.25, -0.2) is 4.79 Å². The molecule has 0 aliphatic rings. The Bertz CT molecular complexity index is 1520. The Morgan fingerprint density at radius 1 is 0.919 bits per heavy atom. The van der Waals surface area contributed by atoms with E-state index >= 15 is 0 Å². The fourth-order valence-electron chi connectivity index (χ4n) is 3.77. The summed E-state index contributed by atoms with van der Waals surface area (Å²) < 4.78 is 5.26. The number of hydrogen-bond acceptors (Lipinski definition) is 5. The topological polar surface area (TPSA) is 105 Å². The Kier molecular flexibility index (Phi) is 8.00. The quantitative estimate of drug-likeness (QED) is 0.214. The van der Waals surface area contributed by atoms with E-state index in [1.54, 1.807) is 30.3 Å². The summed E-state index contributed by atoms with van der Waals surface area (Å²) in [4.78, 5) is 38.1. The Labute approximate surface area is 221 Å². The molecule has 0 unspecified atom stereocenters. The number of ether oxygens (including phenoxy) is 1. The lowest BCUT2D eigenvalue weighted by atomic mass is 10.0. The fourth-order valence-corrected chi connectivity index (χ4v) is 4.33. The number of esters is 1. The van der Waals surface area contributed by atoms with Crippen LogP contribution in [0.4, 0.5) is 0 Å². The van der Waals surface area contributed by atoms with Gasteiger partial charge in [-0.2, -0.15) is 0 Å². The largest absolute Gasteiger partial charge is 0.508 e. The van der Waals surface area contributed by atoms with Crippen molar-refractivity contribution in [2.24, 2.45) is 0 Å². The van der Waals surface area contributed by atoms with Gasteiger partial charge in [-0.15, -0.1) is 0 Å². The molecule has 0 atom stereocenters. The zero-order valence-corrected chi connectivity index (χ0v) is 21.4. The third-order valence-electron chi connectivity index (χ3n) is 5.62. The first kappa shape index (κ1) is 25.7. The zero-order valence-electron chi connectivity index (χ0n) is 19.8. The van der Waals surface area contributed by atoms with Crippen LogP contribution in [0.1, 0.15) is 31.8 Å². The number of fused-ring (bicyclic) bond motifs is 1. The molecule has 0 aromatic heterocycles. The Hall–Kier alpha value is -4.43. The standard InChI is InChI=1S/C29H23BrN2O5/c1-37-29(36)26(16-20-9-5-8-19-7-2-3-11-23(19)20)32-28(35)24-13-12-21(15-25(24)30)27(34)31-17-18-6-4-10-22(33)14-18/h2-16,33H,17H2,1H3,(H,31,34)(H,32,35)/b26-16-. The van der Waals surface area contributed by atoms with Gasteiger partial charge in [0.2, 0.25) is 0 Å². The third kappa shape index (κ3) is 6.23. The lowest BCUT2D eigenvalue weighted by molar-refractivity contribution is -0.136. The molecule has 0 aliphatic heterocycles. The predicted octanol–water partition coefficient (Wildman–Crippen LogP) is 5.18. The van der Waals surface area contributed by atoms with Crippen molar-refractivity contribution >= 4 is 50.6 Å². The average Bonchev–Trinajstić information content (AvgIpc) is 2.91. The molecule has 0 fully saturated rings. The fraction of sp³-hybridized carbons (Fsp3) is 0.0690. The molecule has 0 radical (unpaired) electrons. The van der Waals surface area contributed by atoms with Crippen molar-refractivity contribution in [1.29, 1.82) is 0 Å². The summed E-state index contributed by atoms with van der Waals surface area (Å²) in [6.07, 6.45) is 1.57. The molecule has 0 spiro atoms. The van der Waals surface area contributed by atoms with Crippen LogP contribution >= 0.6 is 15.9 Å². The first-order chi connectivity index (χ1) is 17.9. The first-order valence-electron chi connectivity index (χ1n) is 11.3. The number of aromatic hydroxyl groups is 1. The molecule has 0 saturated heterocycles. The number of phenolic OH excluding ortho intramolecular Hbond substituents is 1. The highest BCUT2D eigenvalue weighted by Gasteiger charge is 2.18. The van der Waals surface area contributed by atoms with Gasteiger partial charge in [0.25, 0.3) is 11.8 Å². The SMILES string of the molecule is COC(=O)/C(=C/c1cccc2ccccc12)NC(=O)c1ccc(C(=O)NCc2cccc(O)c2)cc1Br. The number of nitrogens with one attached hydrogen (secondary N) is 2. The van der Waals surface area contributed by atoms with Crippen LogP contribution in [-0.4, -0.2) is 30.0 Å². The summed E-state index contributed by atoms with van der Waals surface area (Å²) in [5.74, 6) is -1.47. The van der Waals surface area contributed by atoms with Crippen molar-refractivity contribution in [2.75, 3.05) is 7.11 Å². The summed E-state index contributed by atoms with van der Waals surface area (Å²) >= 11 is 3.36. The molecular weight excluding hydrogens is 536 g/mol. The highest BCUT2D eigenvalue weighted by Crippen LogP contribution is 2.22. The molecule has 7 nitrogen and oxygen atoms in total. The van der Waals surface area contributed by atoms with Crippen molar-refractivity contribution in [3.63, 3.8) is 0 Å². The van der Waals surface area contributed by atoms with Crippen molar-refractivity contribution in [3.05, 3.63) is 117 Å². The Morgan fingerprint density at radius 3 is 2.43 bits per heavy atom. The molecule has 4 aromatic carbocycles. The lowest BCUT2D eigenvalue weighted by Crippen LogP contribution is -2.28. The number of benzene rings is 4. The number of methoxy groups -OCH3 is 1. The van der Waals surface area contributed by atoms with Crippen LogP contribution in [0.5, 0.6) is 5.75 Å². The minimum atomic E-state index is -0.694. The summed E-state index contributed by atoms with van der Waals surface area (Å²) in [6, 6.07) is 24.5. The van der Waals surface area contributed by atoms with E-state index in [1.165, 1.54) is 25.3 Å². The zero-order chi connectivity index (χ0) is 26.4. The normalized spacial score (nSPS) is 11.1. The molecule has 3 N–H and O–H groups in total. The van der Waals surface area contributed by atoms with Crippen molar-refractivity contribution < 1.29 is 24.2 Å². The van der Waals surface area contributed by atoms with Gasteiger partial charge in [0, 0.05) is 16.6 Å². The second-order valence-corrected chi connectivity index (χ2v) is 8.97. The number of amides is 2. The Balaban J connectivity index is 1.52. The van der Waals surface area contributed by atoms with E-state index in [4.69, 9.17) is 4.74 Å². The second-order valence-electron chi connectivity index (χ2n) is 8.12. The van der Waals surface area contributed by atoms with E-state index in [9.17, 15) is 19.5 Å². The molecule has 37 heavy (non-hydrogen) atoms. The number of halogens is 1. The first-order valence-corrected chi connectivity index (χ1v) is 12.1. The van der Waals surface area contributed by atoms with Crippen LogP contribution in [-0.2, 0) is 16.1 Å². The summed E-state index contributed by atoms with van der Waals surface area (Å²) in [6.45, 7) is 0.231. The molecule has 0 saturated carbocycles. The van der Waals surface area contributed by atoms with Gasteiger partial charge in [-0.05, 0) is 74.2 Å². The van der Waals surface area contributed by atoms with Gasteiger partial charge in [-0.3, -0.25) is 9.59 Å². The summed E-state index contributed by atoms with van der Waals surface area (Å²) in [5, 5.41) is 16.9. The molecule has 4 rings (SSSR count). The highest BCUT2D eigenvalue weighted by atomic mass is 79.9.